The van der Waals surface area contributed by atoms with Gasteiger partial charge in [0.1, 0.15) is 0 Å². The monoisotopic (exact) mass is 273 g/mol. The number of nitrogens with one attached hydrogen (secondary N) is 1. The molecule has 2 aromatic rings. The number of fused-ring (bicyclic) bond motifs is 1. The summed E-state index contributed by atoms with van der Waals surface area (Å²) in [7, 11) is 0. The maximum atomic E-state index is 12.1. The van der Waals surface area contributed by atoms with Crippen molar-refractivity contribution in [1.29, 1.82) is 0 Å². The van der Waals surface area contributed by atoms with Crippen LogP contribution in [0.1, 0.15) is 23.7 Å². The molecular formula is C14H15N3OS. The summed E-state index contributed by atoms with van der Waals surface area (Å²) < 4.78 is 0. The first-order chi connectivity index (χ1) is 9.11. The van der Waals surface area contributed by atoms with Crippen molar-refractivity contribution in [2.24, 2.45) is 5.73 Å². The van der Waals surface area contributed by atoms with Gasteiger partial charge in [0.15, 0.2) is 0 Å². The van der Waals surface area contributed by atoms with Crippen molar-refractivity contribution >= 4 is 34.0 Å². The van der Waals surface area contributed by atoms with Crippen LogP contribution in [-0.2, 0) is 0 Å². The SMILES string of the molecule is CCC(NC(=O)c1ccc2ncccc2c1)C(N)=S. The molecule has 98 valence electrons. The van der Waals surface area contributed by atoms with E-state index in [1.54, 1.807) is 12.3 Å². The Hall–Kier alpha value is -2.01. The fraction of sp³-hybridized carbons (Fsp3) is 0.214. The van der Waals surface area contributed by atoms with Crippen LogP contribution in [0.5, 0.6) is 0 Å². The van der Waals surface area contributed by atoms with Crippen LogP contribution >= 0.6 is 12.2 Å². The predicted octanol–water partition coefficient (Wildman–Crippen LogP) is 2.03. The second-order valence-electron chi connectivity index (χ2n) is 4.25. The number of nitrogens with zero attached hydrogens (tertiary/aromatic N) is 1. The van der Waals surface area contributed by atoms with Crippen LogP contribution in [0, 0.1) is 0 Å². The number of pyridine rings is 1. The molecule has 19 heavy (non-hydrogen) atoms. The van der Waals surface area contributed by atoms with E-state index in [1.807, 2.05) is 31.2 Å². The van der Waals surface area contributed by atoms with Crippen molar-refractivity contribution in [3.8, 4) is 0 Å². The molecule has 1 atom stereocenters. The average molecular weight is 273 g/mol. The molecule has 0 saturated carbocycles. The van der Waals surface area contributed by atoms with Gasteiger partial charge in [-0.15, -0.1) is 0 Å². The summed E-state index contributed by atoms with van der Waals surface area (Å²) in [4.78, 5) is 16.6. The van der Waals surface area contributed by atoms with Gasteiger partial charge in [0.05, 0.1) is 16.5 Å². The molecule has 0 fully saturated rings. The zero-order valence-corrected chi connectivity index (χ0v) is 11.4. The van der Waals surface area contributed by atoms with Crippen molar-refractivity contribution in [2.45, 2.75) is 19.4 Å². The second-order valence-corrected chi connectivity index (χ2v) is 4.72. The van der Waals surface area contributed by atoms with E-state index in [4.69, 9.17) is 18.0 Å². The molecule has 3 N–H and O–H groups in total. The second kappa shape index (κ2) is 5.75. The summed E-state index contributed by atoms with van der Waals surface area (Å²) in [6, 6.07) is 8.87. The molecule has 0 aliphatic rings. The van der Waals surface area contributed by atoms with E-state index >= 15 is 0 Å². The fourth-order valence-electron chi connectivity index (χ4n) is 1.83. The molecule has 2 rings (SSSR count). The summed E-state index contributed by atoms with van der Waals surface area (Å²) in [6.07, 6.45) is 2.40. The van der Waals surface area contributed by atoms with Gasteiger partial charge < -0.3 is 11.1 Å². The number of thiocarbonyl (C=S) groups is 1. The Morgan fingerprint density at radius 3 is 2.95 bits per heavy atom. The standard InChI is InChI=1S/C14H15N3OS/c1-2-11(13(15)19)17-14(18)10-5-6-12-9(8-10)4-3-7-16-12/h3-8,11H,2H2,1H3,(H2,15,19)(H,17,18). The normalized spacial score (nSPS) is 12.1. The number of benzene rings is 1. The highest BCUT2D eigenvalue weighted by Gasteiger charge is 2.14. The zero-order valence-electron chi connectivity index (χ0n) is 10.6. The van der Waals surface area contributed by atoms with Crippen LogP contribution in [0.15, 0.2) is 36.5 Å². The molecule has 0 spiro atoms. The third kappa shape index (κ3) is 3.06. The van der Waals surface area contributed by atoms with Gasteiger partial charge in [-0.05, 0) is 30.7 Å². The summed E-state index contributed by atoms with van der Waals surface area (Å²) in [5.41, 5.74) is 7.01. The van der Waals surface area contributed by atoms with Gasteiger partial charge in [0.25, 0.3) is 5.91 Å². The zero-order chi connectivity index (χ0) is 13.8. The van der Waals surface area contributed by atoms with Gasteiger partial charge in [-0.25, -0.2) is 0 Å². The number of rotatable bonds is 4. The Bertz CT molecular complexity index is 627. The Balaban J connectivity index is 2.24. The molecule has 1 heterocycles. The number of carbonyl (C=O) groups is 1. The molecule has 0 radical (unpaired) electrons. The minimum absolute atomic E-state index is 0.176. The first kappa shape index (κ1) is 13.4. The van der Waals surface area contributed by atoms with Gasteiger partial charge in [-0.1, -0.05) is 25.2 Å². The molecule has 5 heteroatoms. The Morgan fingerprint density at radius 1 is 1.47 bits per heavy atom. The Morgan fingerprint density at radius 2 is 2.26 bits per heavy atom. The number of aromatic nitrogens is 1. The quantitative estimate of drug-likeness (QED) is 0.836. The minimum Gasteiger partial charge on any atom is -0.392 e. The highest BCUT2D eigenvalue weighted by molar-refractivity contribution is 7.80. The highest BCUT2D eigenvalue weighted by Crippen LogP contribution is 2.13. The summed E-state index contributed by atoms with van der Waals surface area (Å²) in [5, 5.41) is 3.75. The molecule has 1 amide bonds. The van der Waals surface area contributed by atoms with Crippen LogP contribution in [0.3, 0.4) is 0 Å². The lowest BCUT2D eigenvalue weighted by Crippen LogP contribution is -2.42. The molecule has 0 aliphatic heterocycles. The largest absolute Gasteiger partial charge is 0.392 e. The number of nitrogens with two attached hydrogens (primary N) is 1. The van der Waals surface area contributed by atoms with Crippen molar-refractivity contribution in [3.05, 3.63) is 42.1 Å². The Labute approximate surface area is 117 Å². The molecular weight excluding hydrogens is 258 g/mol. The van der Waals surface area contributed by atoms with Gasteiger partial charge in [0.2, 0.25) is 0 Å². The van der Waals surface area contributed by atoms with Crippen LogP contribution in [0.25, 0.3) is 10.9 Å². The van der Waals surface area contributed by atoms with Crippen molar-refractivity contribution in [2.75, 3.05) is 0 Å². The molecule has 1 aromatic heterocycles. The first-order valence-corrected chi connectivity index (χ1v) is 6.47. The highest BCUT2D eigenvalue weighted by atomic mass is 32.1. The average Bonchev–Trinajstić information content (AvgIpc) is 2.43. The van der Waals surface area contributed by atoms with E-state index < -0.39 is 0 Å². The van der Waals surface area contributed by atoms with Crippen molar-refractivity contribution in [3.63, 3.8) is 0 Å². The molecule has 0 saturated heterocycles. The smallest absolute Gasteiger partial charge is 0.251 e. The predicted molar refractivity (Wildman–Crippen MR) is 80.1 cm³/mol. The maximum absolute atomic E-state index is 12.1. The summed E-state index contributed by atoms with van der Waals surface area (Å²) in [5.74, 6) is -0.176. The van der Waals surface area contributed by atoms with Crippen LogP contribution in [-0.4, -0.2) is 21.9 Å². The molecule has 0 bridgehead atoms. The molecule has 1 unspecified atom stereocenters. The van der Waals surface area contributed by atoms with E-state index in [0.717, 1.165) is 10.9 Å². The topological polar surface area (TPSA) is 68.0 Å². The summed E-state index contributed by atoms with van der Waals surface area (Å²) in [6.45, 7) is 1.93. The van der Waals surface area contributed by atoms with Gasteiger partial charge in [-0.3, -0.25) is 9.78 Å². The maximum Gasteiger partial charge on any atom is 0.251 e. The lowest BCUT2D eigenvalue weighted by Gasteiger charge is -2.15. The molecule has 1 aromatic carbocycles. The Kier molecular flexibility index (Phi) is 4.06. The fourth-order valence-corrected chi connectivity index (χ4v) is 2.06. The van der Waals surface area contributed by atoms with Crippen molar-refractivity contribution in [1.82, 2.24) is 10.3 Å². The van der Waals surface area contributed by atoms with E-state index in [2.05, 4.69) is 10.3 Å². The number of hydrogen-bond donors (Lipinski definition) is 2. The van der Waals surface area contributed by atoms with Crippen LogP contribution in [0.2, 0.25) is 0 Å². The van der Waals surface area contributed by atoms with Gasteiger partial charge in [-0.2, -0.15) is 0 Å². The van der Waals surface area contributed by atoms with Crippen LogP contribution < -0.4 is 11.1 Å². The lowest BCUT2D eigenvalue weighted by molar-refractivity contribution is 0.0946. The van der Waals surface area contributed by atoms with E-state index in [1.165, 1.54) is 0 Å². The third-order valence-corrected chi connectivity index (χ3v) is 3.21. The molecule has 4 nitrogen and oxygen atoms in total. The number of amides is 1. The third-order valence-electron chi connectivity index (χ3n) is 2.92. The minimum atomic E-state index is -0.271. The molecule has 0 aliphatic carbocycles. The lowest BCUT2D eigenvalue weighted by atomic mass is 10.1. The number of carbonyl (C=O) groups excluding carboxylic acids is 1. The van der Waals surface area contributed by atoms with E-state index in [-0.39, 0.29) is 11.9 Å². The first-order valence-electron chi connectivity index (χ1n) is 6.06. The van der Waals surface area contributed by atoms with E-state index in [9.17, 15) is 4.79 Å². The van der Waals surface area contributed by atoms with Crippen LogP contribution in [0.4, 0.5) is 0 Å². The number of hydrogen-bond acceptors (Lipinski definition) is 3. The van der Waals surface area contributed by atoms with Crippen molar-refractivity contribution < 1.29 is 4.79 Å². The van der Waals surface area contributed by atoms with Gasteiger partial charge in [0, 0.05) is 17.1 Å². The van der Waals surface area contributed by atoms with Gasteiger partial charge >= 0.3 is 0 Å². The summed E-state index contributed by atoms with van der Waals surface area (Å²) >= 11 is 4.91. The van der Waals surface area contributed by atoms with E-state index in [0.29, 0.717) is 17.0 Å².